The summed E-state index contributed by atoms with van der Waals surface area (Å²) in [5.41, 5.74) is 2.33. The Morgan fingerprint density at radius 3 is 3.00 bits per heavy atom. The molecule has 100 valence electrons. The second-order valence-corrected chi connectivity index (χ2v) is 5.21. The van der Waals surface area contributed by atoms with Gasteiger partial charge in [0.2, 0.25) is 0 Å². The van der Waals surface area contributed by atoms with Crippen LogP contribution in [0.4, 0.5) is 5.69 Å². The first-order valence-electron chi connectivity index (χ1n) is 6.76. The second kappa shape index (κ2) is 6.16. The number of rotatable bonds is 5. The van der Waals surface area contributed by atoms with Gasteiger partial charge in [0, 0.05) is 44.1 Å². The zero-order valence-electron chi connectivity index (χ0n) is 11.7. The topological polar surface area (TPSA) is 31.4 Å². The highest BCUT2D eigenvalue weighted by Gasteiger charge is 2.23. The molecule has 0 saturated carbocycles. The number of likely N-dealkylation sites (N-methyl/N-ethyl adjacent to an activating group) is 1. The largest absolute Gasteiger partial charge is 0.385 e. The molecule has 0 bridgehead atoms. The van der Waals surface area contributed by atoms with E-state index >= 15 is 0 Å². The van der Waals surface area contributed by atoms with E-state index in [0.29, 0.717) is 6.04 Å². The van der Waals surface area contributed by atoms with Gasteiger partial charge >= 0.3 is 0 Å². The number of hydrogen-bond donors (Lipinski definition) is 1. The van der Waals surface area contributed by atoms with E-state index in [4.69, 9.17) is 0 Å². The highest BCUT2D eigenvalue weighted by molar-refractivity contribution is 5.42. The number of pyridine rings is 1. The molecule has 0 aliphatic carbocycles. The van der Waals surface area contributed by atoms with Gasteiger partial charge in [-0.05, 0) is 39.6 Å². The van der Waals surface area contributed by atoms with Crippen LogP contribution in [0.25, 0.3) is 0 Å². The van der Waals surface area contributed by atoms with Gasteiger partial charge in [0.05, 0.1) is 5.69 Å². The molecule has 1 saturated heterocycles. The fraction of sp³-hybridized carbons (Fsp3) is 0.643. The minimum absolute atomic E-state index is 0.696. The average Bonchev–Trinajstić information content (AvgIpc) is 2.78. The summed E-state index contributed by atoms with van der Waals surface area (Å²) >= 11 is 0. The third-order valence-electron chi connectivity index (χ3n) is 3.56. The predicted molar refractivity (Wildman–Crippen MR) is 75.8 cm³/mol. The van der Waals surface area contributed by atoms with Crippen molar-refractivity contribution in [3.63, 3.8) is 0 Å². The minimum atomic E-state index is 0.696. The van der Waals surface area contributed by atoms with Crippen LogP contribution in [0.2, 0.25) is 0 Å². The van der Waals surface area contributed by atoms with Crippen molar-refractivity contribution in [2.75, 3.05) is 39.0 Å². The normalized spacial score (nSPS) is 20.6. The molecule has 1 aliphatic rings. The predicted octanol–water partition coefficient (Wildman–Crippen LogP) is 1.65. The smallest absolute Gasteiger partial charge is 0.0564 e. The average molecular weight is 248 g/mol. The fourth-order valence-electron chi connectivity index (χ4n) is 2.49. The molecule has 1 atom stereocenters. The molecule has 0 radical (unpaired) electrons. The van der Waals surface area contributed by atoms with Crippen molar-refractivity contribution in [2.45, 2.75) is 25.9 Å². The molecule has 0 aromatic carbocycles. The van der Waals surface area contributed by atoms with E-state index in [1.54, 1.807) is 0 Å². The molecule has 2 heterocycles. The lowest BCUT2D eigenvalue weighted by molar-refractivity contribution is 0.263. The summed E-state index contributed by atoms with van der Waals surface area (Å²) in [5, 5.41) is 3.33. The van der Waals surface area contributed by atoms with Gasteiger partial charge in [-0.2, -0.15) is 0 Å². The Hall–Kier alpha value is -1.13. The number of nitrogens with one attached hydrogen (secondary N) is 1. The van der Waals surface area contributed by atoms with E-state index in [-0.39, 0.29) is 0 Å². The molecule has 1 unspecified atom stereocenters. The van der Waals surface area contributed by atoms with Crippen molar-refractivity contribution >= 4 is 5.69 Å². The van der Waals surface area contributed by atoms with Crippen molar-refractivity contribution < 1.29 is 0 Å². The van der Waals surface area contributed by atoms with E-state index in [0.717, 1.165) is 25.3 Å². The monoisotopic (exact) mass is 248 g/mol. The maximum atomic E-state index is 4.46. The summed E-state index contributed by atoms with van der Waals surface area (Å²) in [5.74, 6) is 0. The van der Waals surface area contributed by atoms with Crippen molar-refractivity contribution in [3.8, 4) is 0 Å². The second-order valence-electron chi connectivity index (χ2n) is 5.21. The summed E-state index contributed by atoms with van der Waals surface area (Å²) in [7, 11) is 4.33. The van der Waals surface area contributed by atoms with Gasteiger partial charge in [0.15, 0.2) is 0 Å². The van der Waals surface area contributed by atoms with Crippen LogP contribution >= 0.6 is 0 Å². The Labute approximate surface area is 110 Å². The number of aromatic nitrogens is 1. The summed E-state index contributed by atoms with van der Waals surface area (Å²) in [4.78, 5) is 9.27. The molecule has 1 N–H and O–H groups in total. The Morgan fingerprint density at radius 1 is 1.50 bits per heavy atom. The molecule has 1 fully saturated rings. The Morgan fingerprint density at radius 2 is 2.33 bits per heavy atom. The molecule has 1 aromatic rings. The van der Waals surface area contributed by atoms with E-state index in [1.807, 2.05) is 12.3 Å². The lowest BCUT2D eigenvalue weighted by Gasteiger charge is -2.20. The Bertz CT molecular complexity index is 378. The summed E-state index contributed by atoms with van der Waals surface area (Å²) in [6.07, 6.45) is 3.16. The fourth-order valence-corrected chi connectivity index (χ4v) is 2.49. The minimum Gasteiger partial charge on any atom is -0.385 e. The first-order valence-corrected chi connectivity index (χ1v) is 6.76. The maximum Gasteiger partial charge on any atom is 0.0564 e. The number of nitrogens with zero attached hydrogens (tertiary/aromatic N) is 3. The van der Waals surface area contributed by atoms with Gasteiger partial charge in [-0.15, -0.1) is 0 Å². The zero-order valence-corrected chi connectivity index (χ0v) is 11.7. The van der Waals surface area contributed by atoms with Crippen LogP contribution in [0.3, 0.4) is 0 Å². The Balaban J connectivity index is 1.92. The molecule has 2 rings (SSSR count). The van der Waals surface area contributed by atoms with Gasteiger partial charge in [0.1, 0.15) is 0 Å². The Kier molecular flexibility index (Phi) is 4.55. The molecular formula is C14H24N4. The highest BCUT2D eigenvalue weighted by Crippen LogP contribution is 2.16. The highest BCUT2D eigenvalue weighted by atomic mass is 15.2. The van der Waals surface area contributed by atoms with Crippen LogP contribution < -0.4 is 5.32 Å². The molecular weight excluding hydrogens is 224 g/mol. The van der Waals surface area contributed by atoms with Crippen LogP contribution in [0.1, 0.15) is 19.0 Å². The third-order valence-corrected chi connectivity index (χ3v) is 3.56. The molecule has 1 aliphatic heterocycles. The van der Waals surface area contributed by atoms with Crippen molar-refractivity contribution in [3.05, 3.63) is 24.0 Å². The summed E-state index contributed by atoms with van der Waals surface area (Å²) in [6.45, 7) is 6.36. The van der Waals surface area contributed by atoms with E-state index in [9.17, 15) is 0 Å². The van der Waals surface area contributed by atoms with Crippen molar-refractivity contribution in [1.82, 2.24) is 14.8 Å². The van der Waals surface area contributed by atoms with E-state index in [1.165, 1.54) is 18.7 Å². The molecule has 4 nitrogen and oxygen atoms in total. The zero-order chi connectivity index (χ0) is 13.0. The van der Waals surface area contributed by atoms with Gasteiger partial charge in [0.25, 0.3) is 0 Å². The van der Waals surface area contributed by atoms with Gasteiger partial charge in [-0.1, -0.05) is 0 Å². The molecule has 4 heteroatoms. The van der Waals surface area contributed by atoms with Crippen molar-refractivity contribution in [2.24, 2.45) is 0 Å². The lowest BCUT2D eigenvalue weighted by Crippen LogP contribution is -2.31. The van der Waals surface area contributed by atoms with Crippen LogP contribution in [-0.2, 0) is 6.54 Å². The molecule has 0 spiro atoms. The molecule has 0 amide bonds. The van der Waals surface area contributed by atoms with E-state index in [2.05, 4.69) is 47.2 Å². The van der Waals surface area contributed by atoms with Crippen LogP contribution in [-0.4, -0.2) is 54.6 Å². The summed E-state index contributed by atoms with van der Waals surface area (Å²) < 4.78 is 0. The van der Waals surface area contributed by atoms with Crippen molar-refractivity contribution in [1.29, 1.82) is 0 Å². The maximum absolute atomic E-state index is 4.46. The lowest BCUT2D eigenvalue weighted by atomic mass is 10.2. The number of anilines is 1. The SMILES string of the molecule is CCNc1ccnc(CN2CCC(N(C)C)C2)c1. The first-order chi connectivity index (χ1) is 8.69. The van der Waals surface area contributed by atoms with E-state index < -0.39 is 0 Å². The standard InChI is InChI=1S/C14H24N4/c1-4-15-12-5-7-16-13(9-12)10-18-8-6-14(11-18)17(2)3/h5,7,9,14H,4,6,8,10-11H2,1-3H3,(H,15,16). The quantitative estimate of drug-likeness (QED) is 0.858. The van der Waals surface area contributed by atoms with Gasteiger partial charge in [-0.3, -0.25) is 9.88 Å². The van der Waals surface area contributed by atoms with Crippen LogP contribution in [0.5, 0.6) is 0 Å². The molecule has 18 heavy (non-hydrogen) atoms. The number of hydrogen-bond acceptors (Lipinski definition) is 4. The van der Waals surface area contributed by atoms with Gasteiger partial charge in [-0.25, -0.2) is 0 Å². The third kappa shape index (κ3) is 3.43. The van der Waals surface area contributed by atoms with Crippen LogP contribution in [0, 0.1) is 0 Å². The summed E-state index contributed by atoms with van der Waals surface area (Å²) in [6, 6.07) is 4.88. The molecule has 1 aromatic heterocycles. The van der Waals surface area contributed by atoms with Gasteiger partial charge < -0.3 is 10.2 Å². The van der Waals surface area contributed by atoms with Crippen LogP contribution in [0.15, 0.2) is 18.3 Å². The first kappa shape index (κ1) is 13.3. The number of likely N-dealkylation sites (tertiary alicyclic amines) is 1.